The molecule has 2 atom stereocenters. The van der Waals surface area contributed by atoms with E-state index in [2.05, 4.69) is 15.7 Å². The van der Waals surface area contributed by atoms with Gasteiger partial charge in [-0.1, -0.05) is 46.6 Å². The molecule has 142 valence electrons. The first-order valence-corrected chi connectivity index (χ1v) is 9.06. The van der Waals surface area contributed by atoms with Crippen LogP contribution >= 0.6 is 23.2 Å². The molecule has 1 N–H and O–H groups in total. The fraction of sp³-hybridized carbons (Fsp3) is 0.167. The molecule has 4 rings (SSSR count). The molecule has 8 nitrogen and oxygen atoms in total. The van der Waals surface area contributed by atoms with Gasteiger partial charge in [0.2, 0.25) is 5.91 Å². The predicted molar refractivity (Wildman–Crippen MR) is 103 cm³/mol. The van der Waals surface area contributed by atoms with Crippen molar-refractivity contribution in [1.29, 1.82) is 0 Å². The van der Waals surface area contributed by atoms with Crippen LogP contribution in [0.4, 0.5) is 11.4 Å². The van der Waals surface area contributed by atoms with Gasteiger partial charge in [-0.3, -0.25) is 19.4 Å². The highest BCUT2D eigenvalue weighted by Crippen LogP contribution is 2.32. The van der Waals surface area contributed by atoms with E-state index in [0.717, 1.165) is 4.90 Å². The second kappa shape index (κ2) is 7.21. The summed E-state index contributed by atoms with van der Waals surface area (Å²) in [5.74, 6) is -1.39. The highest BCUT2D eigenvalue weighted by molar-refractivity contribution is 6.36. The Hall–Kier alpha value is -2.97. The molecule has 0 aromatic heterocycles. The van der Waals surface area contributed by atoms with Crippen LogP contribution in [0.3, 0.4) is 0 Å². The quantitative estimate of drug-likeness (QED) is 0.773. The summed E-state index contributed by atoms with van der Waals surface area (Å²) in [6.07, 6.45) is 0. The minimum Gasteiger partial charge on any atom is -0.323 e. The van der Waals surface area contributed by atoms with Gasteiger partial charge in [-0.05, 0) is 30.3 Å². The molecule has 1 saturated heterocycles. The third kappa shape index (κ3) is 3.21. The number of nitrogens with zero attached hydrogens (tertiary/aromatic N) is 4. The lowest BCUT2D eigenvalue weighted by atomic mass is 10.1. The Bertz CT molecular complexity index is 998. The Morgan fingerprint density at radius 2 is 1.82 bits per heavy atom. The molecular weight excluding hydrogens is 405 g/mol. The van der Waals surface area contributed by atoms with Crippen molar-refractivity contribution in [2.45, 2.75) is 12.1 Å². The van der Waals surface area contributed by atoms with E-state index in [1.165, 1.54) is 11.1 Å². The van der Waals surface area contributed by atoms with E-state index in [0.29, 0.717) is 16.4 Å². The third-order valence-electron chi connectivity index (χ3n) is 4.38. The molecule has 10 heteroatoms. The minimum atomic E-state index is -0.959. The van der Waals surface area contributed by atoms with Crippen molar-refractivity contribution in [3.63, 3.8) is 0 Å². The van der Waals surface area contributed by atoms with Crippen molar-refractivity contribution in [3.05, 3.63) is 58.6 Å². The molecular formula is C18H13Cl2N5O3. The maximum Gasteiger partial charge on any atom is 0.263 e. The number of rotatable bonds is 4. The van der Waals surface area contributed by atoms with Gasteiger partial charge in [-0.15, -0.1) is 0 Å². The zero-order valence-electron chi connectivity index (χ0n) is 14.3. The summed E-state index contributed by atoms with van der Waals surface area (Å²) in [4.78, 5) is 38.9. The van der Waals surface area contributed by atoms with Crippen LogP contribution in [0.2, 0.25) is 10.0 Å². The number of nitrogens with one attached hydrogen (secondary N) is 1. The molecule has 2 aliphatic heterocycles. The van der Waals surface area contributed by atoms with Gasteiger partial charge < -0.3 is 5.32 Å². The number of imide groups is 1. The van der Waals surface area contributed by atoms with Crippen molar-refractivity contribution in [2.24, 2.45) is 10.3 Å². The number of amides is 3. The van der Waals surface area contributed by atoms with Crippen LogP contribution in [-0.2, 0) is 14.4 Å². The number of carbonyl (C=O) groups is 3. The summed E-state index contributed by atoms with van der Waals surface area (Å²) in [5, 5.41) is 12.3. The van der Waals surface area contributed by atoms with Crippen molar-refractivity contribution < 1.29 is 14.4 Å². The number of hydrogen-bond donors (Lipinski definition) is 1. The number of para-hydroxylation sites is 1. The van der Waals surface area contributed by atoms with Gasteiger partial charge in [0, 0.05) is 5.02 Å². The summed E-state index contributed by atoms with van der Waals surface area (Å²) in [7, 11) is 0. The monoisotopic (exact) mass is 417 g/mol. The van der Waals surface area contributed by atoms with Crippen LogP contribution in [0.25, 0.3) is 0 Å². The minimum absolute atomic E-state index is 0.259. The average Bonchev–Trinajstić information content (AvgIpc) is 3.18. The topological polar surface area (TPSA) is 94.4 Å². The Kier molecular flexibility index (Phi) is 4.74. The number of benzene rings is 2. The lowest BCUT2D eigenvalue weighted by Crippen LogP contribution is -2.43. The standard InChI is InChI=1S/C18H13Cl2N5O3/c19-10-6-7-13(12(20)8-10)21-14(26)9-24-16-15(22-23-24)17(27)25(18(16)28)11-4-2-1-3-5-11/h1-8,15-16H,9H2,(H,21,26)/t15-,16+/m1/s1. The van der Waals surface area contributed by atoms with Crippen molar-refractivity contribution in [2.75, 3.05) is 16.8 Å². The van der Waals surface area contributed by atoms with Crippen LogP contribution in [0.15, 0.2) is 58.9 Å². The van der Waals surface area contributed by atoms with Gasteiger partial charge >= 0.3 is 0 Å². The molecule has 0 aliphatic carbocycles. The lowest BCUT2D eigenvalue weighted by Gasteiger charge is -2.20. The SMILES string of the molecule is O=C(CN1N=N[C@H]2C(=O)N(c3ccccc3)C(=O)[C@H]21)Nc1ccc(Cl)cc1Cl. The fourth-order valence-electron chi connectivity index (χ4n) is 3.11. The van der Waals surface area contributed by atoms with Gasteiger partial charge in [0.05, 0.1) is 16.4 Å². The summed E-state index contributed by atoms with van der Waals surface area (Å²) in [6.45, 7) is -0.259. The number of carbonyl (C=O) groups excluding carboxylic acids is 3. The van der Waals surface area contributed by atoms with E-state index in [9.17, 15) is 14.4 Å². The highest BCUT2D eigenvalue weighted by atomic mass is 35.5. The van der Waals surface area contributed by atoms with Crippen molar-refractivity contribution in [1.82, 2.24) is 5.01 Å². The first-order valence-electron chi connectivity index (χ1n) is 8.31. The van der Waals surface area contributed by atoms with Crippen LogP contribution in [0, 0.1) is 0 Å². The molecule has 2 aromatic rings. The number of fused-ring (bicyclic) bond motifs is 1. The molecule has 2 aliphatic rings. The second-order valence-corrected chi connectivity index (χ2v) is 7.06. The van der Waals surface area contributed by atoms with Crippen LogP contribution in [0.1, 0.15) is 0 Å². The molecule has 28 heavy (non-hydrogen) atoms. The maximum atomic E-state index is 12.8. The second-order valence-electron chi connectivity index (χ2n) is 6.21. The normalized spacial score (nSPS) is 20.6. The molecule has 0 saturated carbocycles. The zero-order valence-corrected chi connectivity index (χ0v) is 15.8. The molecule has 2 aromatic carbocycles. The molecule has 2 heterocycles. The van der Waals surface area contributed by atoms with Gasteiger partial charge in [0.15, 0.2) is 12.1 Å². The summed E-state index contributed by atoms with van der Waals surface area (Å²) < 4.78 is 0. The Morgan fingerprint density at radius 3 is 2.54 bits per heavy atom. The lowest BCUT2D eigenvalue weighted by molar-refractivity contribution is -0.123. The van der Waals surface area contributed by atoms with E-state index in [-0.39, 0.29) is 11.6 Å². The average molecular weight is 418 g/mol. The van der Waals surface area contributed by atoms with Gasteiger partial charge in [-0.2, -0.15) is 5.11 Å². The van der Waals surface area contributed by atoms with Gasteiger partial charge in [0.25, 0.3) is 11.8 Å². The Morgan fingerprint density at radius 1 is 1.07 bits per heavy atom. The first kappa shape index (κ1) is 18.4. The number of hydrogen-bond acceptors (Lipinski definition) is 6. The zero-order chi connectivity index (χ0) is 19.8. The van der Waals surface area contributed by atoms with E-state index in [1.54, 1.807) is 42.5 Å². The predicted octanol–water partition coefficient (Wildman–Crippen LogP) is 2.93. The summed E-state index contributed by atoms with van der Waals surface area (Å²) >= 11 is 11.9. The van der Waals surface area contributed by atoms with E-state index in [4.69, 9.17) is 23.2 Å². The number of anilines is 2. The molecule has 0 bridgehead atoms. The highest BCUT2D eigenvalue weighted by Gasteiger charge is 2.55. The largest absolute Gasteiger partial charge is 0.323 e. The van der Waals surface area contributed by atoms with E-state index >= 15 is 0 Å². The third-order valence-corrected chi connectivity index (χ3v) is 4.93. The maximum absolute atomic E-state index is 12.8. The first-order chi connectivity index (χ1) is 13.5. The summed E-state index contributed by atoms with van der Waals surface area (Å²) in [6, 6.07) is 11.3. The molecule has 1 fully saturated rings. The van der Waals surface area contributed by atoms with Crippen LogP contribution in [-0.4, -0.2) is 41.4 Å². The van der Waals surface area contributed by atoms with E-state index in [1.807, 2.05) is 0 Å². The Balaban J connectivity index is 1.48. The Labute approximate surface area is 169 Å². The summed E-state index contributed by atoms with van der Waals surface area (Å²) in [5.41, 5.74) is 0.836. The molecule has 0 spiro atoms. The van der Waals surface area contributed by atoms with Crippen LogP contribution < -0.4 is 10.2 Å². The van der Waals surface area contributed by atoms with Gasteiger partial charge in [0.1, 0.15) is 6.54 Å². The fourth-order valence-corrected chi connectivity index (χ4v) is 3.57. The van der Waals surface area contributed by atoms with Crippen LogP contribution in [0.5, 0.6) is 0 Å². The van der Waals surface area contributed by atoms with Crippen molar-refractivity contribution in [3.8, 4) is 0 Å². The molecule has 0 radical (unpaired) electrons. The van der Waals surface area contributed by atoms with Gasteiger partial charge in [-0.25, -0.2) is 4.90 Å². The molecule has 3 amide bonds. The van der Waals surface area contributed by atoms with Crippen molar-refractivity contribution >= 4 is 52.3 Å². The van der Waals surface area contributed by atoms with E-state index < -0.39 is 29.8 Å². The molecule has 0 unspecified atom stereocenters. The smallest absolute Gasteiger partial charge is 0.263 e. The number of halogens is 2.